The van der Waals surface area contributed by atoms with Crippen LogP contribution < -0.4 is 10.2 Å². The Morgan fingerprint density at radius 1 is 1.28 bits per heavy atom. The molecule has 0 aliphatic carbocycles. The molecule has 2 aliphatic heterocycles. The van der Waals surface area contributed by atoms with Gasteiger partial charge in [-0.2, -0.15) is 0 Å². The summed E-state index contributed by atoms with van der Waals surface area (Å²) in [5.41, 5.74) is 5.39. The van der Waals surface area contributed by atoms with E-state index in [1.807, 2.05) is 0 Å². The zero-order valence-corrected chi connectivity index (χ0v) is 11.2. The summed E-state index contributed by atoms with van der Waals surface area (Å²) in [7, 11) is 4.21. The number of piperidine rings is 1. The topological polar surface area (TPSA) is 18.5 Å². The lowest BCUT2D eigenvalue weighted by molar-refractivity contribution is 0.402. The van der Waals surface area contributed by atoms with Crippen LogP contribution >= 0.6 is 0 Å². The highest BCUT2D eigenvalue weighted by Crippen LogP contribution is 2.37. The minimum atomic E-state index is 0.992. The van der Waals surface area contributed by atoms with Gasteiger partial charge >= 0.3 is 0 Å². The summed E-state index contributed by atoms with van der Waals surface area (Å²) in [4.78, 5) is 4.67. The molecule has 3 heteroatoms. The van der Waals surface area contributed by atoms with Gasteiger partial charge in [-0.05, 0) is 51.1 Å². The molecule has 0 atom stereocenters. The third-order valence-electron chi connectivity index (χ3n) is 3.66. The van der Waals surface area contributed by atoms with Gasteiger partial charge in [-0.15, -0.1) is 0 Å². The number of hydrogen-bond donors (Lipinski definition) is 1. The fourth-order valence-corrected chi connectivity index (χ4v) is 2.84. The fraction of sp³-hybridized carbons (Fsp3) is 0.467. The summed E-state index contributed by atoms with van der Waals surface area (Å²) in [6.07, 6.45) is 6.00. The Hall–Kier alpha value is -1.48. The van der Waals surface area contributed by atoms with E-state index in [0.717, 1.165) is 13.1 Å². The Labute approximate surface area is 109 Å². The molecule has 1 N–H and O–H groups in total. The molecule has 2 aliphatic rings. The van der Waals surface area contributed by atoms with E-state index in [-0.39, 0.29) is 0 Å². The highest BCUT2D eigenvalue weighted by molar-refractivity contribution is 5.77. The number of rotatable bonds is 2. The van der Waals surface area contributed by atoms with Crippen molar-refractivity contribution in [1.29, 1.82) is 0 Å². The van der Waals surface area contributed by atoms with Crippen molar-refractivity contribution in [3.05, 3.63) is 35.7 Å². The molecule has 3 nitrogen and oxygen atoms in total. The largest absolute Gasteiger partial charge is 0.358 e. The van der Waals surface area contributed by atoms with E-state index < -0.39 is 0 Å². The van der Waals surface area contributed by atoms with Crippen molar-refractivity contribution in [1.82, 2.24) is 4.90 Å². The molecule has 1 fully saturated rings. The molecule has 1 aromatic rings. The maximum atomic E-state index is 3.45. The predicted molar refractivity (Wildman–Crippen MR) is 76.7 cm³/mol. The molecule has 0 amide bonds. The maximum Gasteiger partial charge on any atom is 0.0648 e. The summed E-state index contributed by atoms with van der Waals surface area (Å²) in [6.45, 7) is 2.15. The molecule has 0 radical (unpaired) electrons. The van der Waals surface area contributed by atoms with Crippen LogP contribution in [0.25, 0.3) is 0 Å². The monoisotopic (exact) mass is 243 g/mol. The van der Waals surface area contributed by atoms with Crippen molar-refractivity contribution in [2.75, 3.05) is 30.9 Å². The highest BCUT2D eigenvalue weighted by Gasteiger charge is 2.22. The molecule has 3 rings (SSSR count). The van der Waals surface area contributed by atoms with Gasteiger partial charge in [0.1, 0.15) is 0 Å². The Kier molecular flexibility index (Phi) is 3.00. The van der Waals surface area contributed by atoms with Crippen LogP contribution in [0.1, 0.15) is 24.8 Å². The molecule has 96 valence electrons. The molecule has 0 aromatic heterocycles. The first-order valence-corrected chi connectivity index (χ1v) is 6.75. The van der Waals surface area contributed by atoms with Crippen LogP contribution in [0.3, 0.4) is 0 Å². The molecule has 0 saturated carbocycles. The van der Waals surface area contributed by atoms with E-state index in [0.29, 0.717) is 0 Å². The van der Waals surface area contributed by atoms with Crippen LogP contribution in [0, 0.1) is 0 Å². The third-order valence-corrected chi connectivity index (χ3v) is 3.66. The van der Waals surface area contributed by atoms with E-state index in [9.17, 15) is 0 Å². The summed E-state index contributed by atoms with van der Waals surface area (Å²) in [5.74, 6) is 0. The average molecular weight is 243 g/mol. The smallest absolute Gasteiger partial charge is 0.0648 e. The minimum Gasteiger partial charge on any atom is -0.358 e. The summed E-state index contributed by atoms with van der Waals surface area (Å²) < 4.78 is 0. The minimum absolute atomic E-state index is 0.992. The van der Waals surface area contributed by atoms with E-state index in [4.69, 9.17) is 0 Å². The van der Waals surface area contributed by atoms with Gasteiger partial charge in [0, 0.05) is 25.0 Å². The van der Waals surface area contributed by atoms with Gasteiger partial charge in [0.05, 0.1) is 11.4 Å². The first kappa shape index (κ1) is 11.6. The number of benzene rings is 1. The number of anilines is 2. The first-order chi connectivity index (χ1) is 8.74. The Balaban J connectivity index is 1.90. The Morgan fingerprint density at radius 2 is 2.17 bits per heavy atom. The summed E-state index contributed by atoms with van der Waals surface area (Å²) in [6, 6.07) is 6.79. The van der Waals surface area contributed by atoms with E-state index >= 15 is 0 Å². The standard InChI is InChI=1S/C15H21N3/c1-17(2)11-12-6-7-15-14(9-12)16-10-13-5-3-4-8-18(13)15/h6-7,9-10,16H,3-5,8,11H2,1-2H3. The van der Waals surface area contributed by atoms with E-state index in [2.05, 4.69) is 53.6 Å². The van der Waals surface area contributed by atoms with E-state index in [1.165, 1.54) is 41.9 Å². The van der Waals surface area contributed by atoms with Crippen molar-refractivity contribution in [2.24, 2.45) is 0 Å². The second-order valence-electron chi connectivity index (χ2n) is 5.48. The van der Waals surface area contributed by atoms with Gasteiger partial charge in [0.2, 0.25) is 0 Å². The van der Waals surface area contributed by atoms with Gasteiger partial charge in [-0.3, -0.25) is 0 Å². The quantitative estimate of drug-likeness (QED) is 0.861. The second-order valence-corrected chi connectivity index (χ2v) is 5.48. The Bertz CT molecular complexity index is 477. The summed E-state index contributed by atoms with van der Waals surface area (Å²) >= 11 is 0. The molecule has 0 unspecified atom stereocenters. The Morgan fingerprint density at radius 3 is 3.00 bits per heavy atom. The van der Waals surface area contributed by atoms with Crippen molar-refractivity contribution >= 4 is 11.4 Å². The third kappa shape index (κ3) is 2.10. The first-order valence-electron chi connectivity index (χ1n) is 6.75. The zero-order chi connectivity index (χ0) is 12.5. The van der Waals surface area contributed by atoms with Crippen LogP contribution in [0.2, 0.25) is 0 Å². The van der Waals surface area contributed by atoms with Crippen LogP contribution in [-0.4, -0.2) is 25.5 Å². The molecule has 0 bridgehead atoms. The normalized spacial score (nSPS) is 17.9. The number of nitrogens with zero attached hydrogens (tertiary/aromatic N) is 2. The van der Waals surface area contributed by atoms with Crippen LogP contribution in [0.4, 0.5) is 11.4 Å². The average Bonchev–Trinajstić information content (AvgIpc) is 2.37. The highest BCUT2D eigenvalue weighted by atomic mass is 15.2. The number of nitrogens with one attached hydrogen (secondary N) is 1. The molecular formula is C15H21N3. The van der Waals surface area contributed by atoms with Crippen LogP contribution in [0.15, 0.2) is 30.1 Å². The van der Waals surface area contributed by atoms with Crippen molar-refractivity contribution in [3.8, 4) is 0 Å². The van der Waals surface area contributed by atoms with Gasteiger partial charge < -0.3 is 15.1 Å². The maximum absolute atomic E-state index is 3.45. The van der Waals surface area contributed by atoms with Crippen LogP contribution in [-0.2, 0) is 6.54 Å². The molecule has 18 heavy (non-hydrogen) atoms. The number of allylic oxidation sites excluding steroid dienone is 1. The van der Waals surface area contributed by atoms with Gasteiger partial charge in [0.15, 0.2) is 0 Å². The number of fused-ring (bicyclic) bond motifs is 3. The summed E-state index contributed by atoms with van der Waals surface area (Å²) in [5, 5.41) is 3.45. The second kappa shape index (κ2) is 4.65. The molecule has 1 aromatic carbocycles. The van der Waals surface area contributed by atoms with Crippen molar-refractivity contribution < 1.29 is 0 Å². The number of hydrogen-bond acceptors (Lipinski definition) is 3. The predicted octanol–water partition coefficient (Wildman–Crippen LogP) is 3.01. The molecular weight excluding hydrogens is 222 g/mol. The van der Waals surface area contributed by atoms with Gasteiger partial charge in [-0.25, -0.2) is 0 Å². The van der Waals surface area contributed by atoms with Crippen LogP contribution in [0.5, 0.6) is 0 Å². The lowest BCUT2D eigenvalue weighted by atomic mass is 10.0. The SMILES string of the molecule is CN(C)Cc1ccc2c(c1)NC=C1CCCCN12. The zero-order valence-electron chi connectivity index (χ0n) is 11.2. The van der Waals surface area contributed by atoms with Gasteiger partial charge in [-0.1, -0.05) is 6.07 Å². The molecule has 0 spiro atoms. The van der Waals surface area contributed by atoms with Crippen molar-refractivity contribution in [2.45, 2.75) is 25.8 Å². The molecule has 1 saturated heterocycles. The lowest BCUT2D eigenvalue weighted by Gasteiger charge is -2.36. The molecule has 2 heterocycles. The fourth-order valence-electron chi connectivity index (χ4n) is 2.84. The van der Waals surface area contributed by atoms with Gasteiger partial charge in [0.25, 0.3) is 0 Å². The van der Waals surface area contributed by atoms with E-state index in [1.54, 1.807) is 0 Å². The lowest BCUT2D eigenvalue weighted by Crippen LogP contribution is -2.31. The van der Waals surface area contributed by atoms with Crippen molar-refractivity contribution in [3.63, 3.8) is 0 Å².